The molecule has 1 aromatic heterocycles. The molecule has 8 heteroatoms. The van der Waals surface area contributed by atoms with Gasteiger partial charge in [0.1, 0.15) is 5.60 Å². The van der Waals surface area contributed by atoms with E-state index < -0.39 is 5.60 Å². The third kappa shape index (κ3) is 6.55. The van der Waals surface area contributed by atoms with Crippen molar-refractivity contribution in [3.05, 3.63) is 103 Å². The first-order valence-electron chi connectivity index (χ1n) is 15.1. The predicted molar refractivity (Wildman–Crippen MR) is 173 cm³/mol. The van der Waals surface area contributed by atoms with Crippen LogP contribution in [0.25, 0.3) is 22.4 Å². The molecule has 3 aromatic carbocycles. The lowest BCUT2D eigenvalue weighted by molar-refractivity contribution is -0.0893. The van der Waals surface area contributed by atoms with E-state index in [1.165, 1.54) is 16.7 Å². The van der Waals surface area contributed by atoms with Gasteiger partial charge in [-0.3, -0.25) is 4.79 Å². The fourth-order valence-corrected chi connectivity index (χ4v) is 6.74. The second kappa shape index (κ2) is 13.9. The number of halogens is 1. The molecule has 226 valence electrons. The standard InChI is InChI=1S/C35H40N4O3.ClH/c1-42-24-35(41)19-9-8-14-31(35)39-25-37-32(33(39)29-12-6-3-7-13-29)34(40)38-21-20-36-23-30(38)22-26-15-17-28(18-16-26)27-10-4-2-5-11-27;/h2-7,10-13,15-18,25,30-31,36,41H,8-9,14,19-24H2,1H3;1H/t30-,31-,35-;/m1./s1. The highest BCUT2D eigenvalue weighted by Crippen LogP contribution is 2.41. The SMILES string of the molecule is COC[C@]1(O)CCCC[C@H]1n1cnc(C(=O)N2CCNC[C@H]2Cc2ccc(-c3ccccc3)cc2)c1-c1ccccc1.Cl. The van der Waals surface area contributed by atoms with Crippen LogP contribution in [0.5, 0.6) is 0 Å². The Morgan fingerprint density at radius 2 is 1.65 bits per heavy atom. The number of nitrogens with one attached hydrogen (secondary N) is 1. The summed E-state index contributed by atoms with van der Waals surface area (Å²) in [5.41, 5.74) is 4.70. The van der Waals surface area contributed by atoms with E-state index in [0.717, 1.165) is 50.0 Å². The van der Waals surface area contributed by atoms with Crippen molar-refractivity contribution in [2.45, 2.75) is 49.8 Å². The fraction of sp³-hybridized carbons (Fsp3) is 0.371. The number of aromatic nitrogens is 2. The molecule has 0 bridgehead atoms. The van der Waals surface area contributed by atoms with Crippen molar-refractivity contribution >= 4 is 18.3 Å². The maximum absolute atomic E-state index is 14.4. The lowest BCUT2D eigenvalue weighted by Gasteiger charge is -2.41. The number of nitrogens with zero attached hydrogens (tertiary/aromatic N) is 3. The molecule has 2 heterocycles. The third-order valence-electron chi connectivity index (χ3n) is 8.87. The van der Waals surface area contributed by atoms with Gasteiger partial charge in [0, 0.05) is 38.3 Å². The Morgan fingerprint density at radius 1 is 0.977 bits per heavy atom. The Morgan fingerprint density at radius 3 is 2.35 bits per heavy atom. The summed E-state index contributed by atoms with van der Waals surface area (Å²) >= 11 is 0. The Bertz CT molecular complexity index is 1470. The number of piperazine rings is 1. The van der Waals surface area contributed by atoms with Gasteiger partial charge in [-0.25, -0.2) is 4.98 Å². The summed E-state index contributed by atoms with van der Waals surface area (Å²) in [5.74, 6) is -0.0638. The molecule has 6 rings (SSSR count). The van der Waals surface area contributed by atoms with Gasteiger partial charge >= 0.3 is 0 Å². The van der Waals surface area contributed by atoms with E-state index in [2.05, 4.69) is 53.8 Å². The summed E-state index contributed by atoms with van der Waals surface area (Å²) in [4.78, 5) is 21.1. The minimum atomic E-state index is -1.01. The number of aliphatic hydroxyl groups is 1. The molecular formula is C35H41ClN4O3. The van der Waals surface area contributed by atoms with Crippen molar-refractivity contribution in [2.24, 2.45) is 0 Å². The fourth-order valence-electron chi connectivity index (χ4n) is 6.74. The number of ether oxygens (including phenoxy) is 1. The lowest BCUT2D eigenvalue weighted by Crippen LogP contribution is -2.54. The van der Waals surface area contributed by atoms with Crippen molar-refractivity contribution in [3.8, 4) is 22.4 Å². The van der Waals surface area contributed by atoms with E-state index in [4.69, 9.17) is 9.72 Å². The van der Waals surface area contributed by atoms with Crippen molar-refractivity contribution in [1.29, 1.82) is 0 Å². The molecule has 4 aromatic rings. The number of rotatable bonds is 8. The van der Waals surface area contributed by atoms with E-state index in [9.17, 15) is 9.90 Å². The van der Waals surface area contributed by atoms with Crippen LogP contribution in [0.3, 0.4) is 0 Å². The average Bonchev–Trinajstić information content (AvgIpc) is 3.47. The molecule has 1 aliphatic heterocycles. The quantitative estimate of drug-likeness (QED) is 0.268. The number of amides is 1. The van der Waals surface area contributed by atoms with Gasteiger partial charge in [0.25, 0.3) is 5.91 Å². The maximum atomic E-state index is 14.4. The van der Waals surface area contributed by atoms with E-state index in [1.807, 2.05) is 45.9 Å². The van der Waals surface area contributed by atoms with E-state index in [-0.39, 0.29) is 37.0 Å². The molecule has 2 aliphatic rings. The molecule has 2 fully saturated rings. The second-order valence-corrected chi connectivity index (χ2v) is 11.6. The Balaban J connectivity index is 0.00000368. The summed E-state index contributed by atoms with van der Waals surface area (Å²) in [6.07, 6.45) is 5.93. The first-order chi connectivity index (χ1) is 20.6. The average molecular weight is 601 g/mol. The molecule has 1 aliphatic carbocycles. The van der Waals surface area contributed by atoms with Gasteiger partial charge in [-0.15, -0.1) is 12.4 Å². The van der Waals surface area contributed by atoms with Crippen molar-refractivity contribution < 1.29 is 14.6 Å². The summed E-state index contributed by atoms with van der Waals surface area (Å²) in [6.45, 7) is 2.33. The lowest BCUT2D eigenvalue weighted by atomic mass is 9.80. The van der Waals surface area contributed by atoms with Gasteiger partial charge in [-0.1, -0.05) is 97.8 Å². The predicted octanol–water partition coefficient (Wildman–Crippen LogP) is 5.79. The molecule has 2 N–H and O–H groups in total. The molecule has 1 saturated heterocycles. The summed E-state index contributed by atoms with van der Waals surface area (Å²) in [6, 6.07) is 28.8. The highest BCUT2D eigenvalue weighted by molar-refractivity contribution is 5.98. The summed E-state index contributed by atoms with van der Waals surface area (Å²) in [5, 5.41) is 15.2. The van der Waals surface area contributed by atoms with Gasteiger partial charge in [0.05, 0.1) is 24.7 Å². The van der Waals surface area contributed by atoms with Gasteiger partial charge in [-0.2, -0.15) is 0 Å². The van der Waals surface area contributed by atoms with Gasteiger partial charge < -0.3 is 24.6 Å². The highest BCUT2D eigenvalue weighted by Gasteiger charge is 2.42. The van der Waals surface area contributed by atoms with Gasteiger partial charge in [0.15, 0.2) is 5.69 Å². The van der Waals surface area contributed by atoms with Gasteiger partial charge in [-0.05, 0) is 36.0 Å². The minimum Gasteiger partial charge on any atom is -0.385 e. The van der Waals surface area contributed by atoms with Crippen LogP contribution in [-0.4, -0.2) is 70.5 Å². The zero-order valence-corrected chi connectivity index (χ0v) is 25.5. The molecule has 1 amide bonds. The molecule has 0 spiro atoms. The minimum absolute atomic E-state index is 0. The number of imidazole rings is 1. The van der Waals surface area contributed by atoms with Crippen LogP contribution < -0.4 is 5.32 Å². The summed E-state index contributed by atoms with van der Waals surface area (Å²) < 4.78 is 7.51. The second-order valence-electron chi connectivity index (χ2n) is 11.6. The smallest absolute Gasteiger partial charge is 0.275 e. The molecule has 1 saturated carbocycles. The van der Waals surface area contributed by atoms with Crippen molar-refractivity contribution in [2.75, 3.05) is 33.4 Å². The van der Waals surface area contributed by atoms with Crippen LogP contribution >= 0.6 is 12.4 Å². The van der Waals surface area contributed by atoms with Gasteiger partial charge in [0.2, 0.25) is 0 Å². The third-order valence-corrected chi connectivity index (χ3v) is 8.87. The zero-order valence-electron chi connectivity index (χ0n) is 24.7. The van der Waals surface area contributed by atoms with Crippen LogP contribution in [0.2, 0.25) is 0 Å². The van der Waals surface area contributed by atoms with Crippen LogP contribution in [0.4, 0.5) is 0 Å². The van der Waals surface area contributed by atoms with E-state index in [0.29, 0.717) is 18.7 Å². The molecule has 7 nitrogen and oxygen atoms in total. The number of methoxy groups -OCH3 is 1. The maximum Gasteiger partial charge on any atom is 0.275 e. The van der Waals surface area contributed by atoms with Crippen LogP contribution in [0.1, 0.15) is 47.8 Å². The number of hydrogen-bond donors (Lipinski definition) is 2. The zero-order chi connectivity index (χ0) is 28.9. The Labute approximate surface area is 260 Å². The molecular weight excluding hydrogens is 560 g/mol. The van der Waals surface area contributed by atoms with Crippen LogP contribution in [0, 0.1) is 0 Å². The van der Waals surface area contributed by atoms with Crippen LogP contribution in [-0.2, 0) is 11.2 Å². The molecule has 0 radical (unpaired) electrons. The summed E-state index contributed by atoms with van der Waals surface area (Å²) in [7, 11) is 1.63. The van der Waals surface area contributed by atoms with E-state index in [1.54, 1.807) is 13.4 Å². The number of benzene rings is 3. The normalized spacial score (nSPS) is 22.1. The first-order valence-corrected chi connectivity index (χ1v) is 15.1. The number of carbonyl (C=O) groups is 1. The van der Waals surface area contributed by atoms with Crippen molar-refractivity contribution in [1.82, 2.24) is 19.8 Å². The largest absolute Gasteiger partial charge is 0.385 e. The van der Waals surface area contributed by atoms with Crippen molar-refractivity contribution in [3.63, 3.8) is 0 Å². The molecule has 43 heavy (non-hydrogen) atoms. The Hall–Kier alpha value is -3.49. The highest BCUT2D eigenvalue weighted by atomic mass is 35.5. The van der Waals surface area contributed by atoms with E-state index >= 15 is 0 Å². The van der Waals surface area contributed by atoms with Crippen LogP contribution in [0.15, 0.2) is 91.3 Å². The monoisotopic (exact) mass is 600 g/mol. The number of hydrogen-bond acceptors (Lipinski definition) is 5. The first kappa shape index (κ1) is 31.0. The topological polar surface area (TPSA) is 79.6 Å². The number of carbonyl (C=O) groups excluding carboxylic acids is 1. The molecule has 3 atom stereocenters. The molecule has 0 unspecified atom stereocenters. The Kier molecular flexibility index (Phi) is 9.98.